The van der Waals surface area contributed by atoms with Gasteiger partial charge in [0.2, 0.25) is 5.91 Å². The van der Waals surface area contributed by atoms with Gasteiger partial charge < -0.3 is 16.2 Å². The number of nitrogens with one attached hydrogen (secondary N) is 1. The van der Waals surface area contributed by atoms with E-state index in [2.05, 4.69) is 0 Å². The third-order valence-corrected chi connectivity index (χ3v) is 2.30. The van der Waals surface area contributed by atoms with Crippen LogP contribution in [0.2, 0.25) is 0 Å². The lowest BCUT2D eigenvalue weighted by atomic mass is 10.0. The standard InChI is InChI=1S/C9H17F3N2O2/c1-5(2)6(15)4-14-7(16)8(3,13)9(10,11)12/h5-6,15H,4,13H2,1-3H3,(H,14,16). The molecule has 0 bridgehead atoms. The molecule has 0 aromatic carbocycles. The summed E-state index contributed by atoms with van der Waals surface area (Å²) in [5.74, 6) is -1.50. The van der Waals surface area contributed by atoms with Gasteiger partial charge in [0.25, 0.3) is 0 Å². The lowest BCUT2D eigenvalue weighted by Gasteiger charge is -2.27. The number of aliphatic hydroxyl groups excluding tert-OH is 1. The average Bonchev–Trinajstić information content (AvgIpc) is 2.11. The van der Waals surface area contributed by atoms with Gasteiger partial charge in [-0.1, -0.05) is 13.8 Å². The van der Waals surface area contributed by atoms with Gasteiger partial charge in [-0.15, -0.1) is 0 Å². The van der Waals surface area contributed by atoms with Crippen LogP contribution in [0.15, 0.2) is 0 Å². The molecule has 1 amide bonds. The van der Waals surface area contributed by atoms with Crippen molar-refractivity contribution >= 4 is 5.91 Å². The lowest BCUT2D eigenvalue weighted by Crippen LogP contribution is -2.62. The number of carbonyl (C=O) groups is 1. The lowest BCUT2D eigenvalue weighted by molar-refractivity contribution is -0.187. The number of rotatable bonds is 4. The Morgan fingerprint density at radius 1 is 1.44 bits per heavy atom. The molecule has 0 aliphatic carbocycles. The monoisotopic (exact) mass is 242 g/mol. The van der Waals surface area contributed by atoms with Gasteiger partial charge in [0.05, 0.1) is 6.10 Å². The fourth-order valence-electron chi connectivity index (χ4n) is 0.745. The number of hydrogen-bond donors (Lipinski definition) is 3. The Kier molecular flexibility index (Phi) is 4.75. The molecule has 0 aliphatic rings. The summed E-state index contributed by atoms with van der Waals surface area (Å²) in [6.45, 7) is 3.70. The number of alkyl halides is 3. The van der Waals surface area contributed by atoms with E-state index in [1.165, 1.54) is 0 Å². The molecule has 96 valence electrons. The van der Waals surface area contributed by atoms with Crippen LogP contribution in [0, 0.1) is 5.92 Å². The molecular weight excluding hydrogens is 225 g/mol. The third-order valence-electron chi connectivity index (χ3n) is 2.30. The van der Waals surface area contributed by atoms with Crippen molar-refractivity contribution in [1.82, 2.24) is 5.32 Å². The Morgan fingerprint density at radius 3 is 2.19 bits per heavy atom. The SMILES string of the molecule is CC(C)C(O)CNC(=O)C(C)(N)C(F)(F)F. The van der Waals surface area contributed by atoms with Gasteiger partial charge in [-0.2, -0.15) is 13.2 Å². The minimum atomic E-state index is -4.82. The van der Waals surface area contributed by atoms with Crippen LogP contribution in [0.3, 0.4) is 0 Å². The third kappa shape index (κ3) is 3.64. The zero-order valence-corrected chi connectivity index (χ0v) is 9.43. The van der Waals surface area contributed by atoms with Crippen LogP contribution in [0.1, 0.15) is 20.8 Å². The Bertz CT molecular complexity index is 252. The summed E-state index contributed by atoms with van der Waals surface area (Å²) < 4.78 is 37.0. The summed E-state index contributed by atoms with van der Waals surface area (Å²) in [7, 11) is 0. The number of carbonyl (C=O) groups excluding carboxylic acids is 1. The summed E-state index contributed by atoms with van der Waals surface area (Å²) in [4.78, 5) is 11.2. The van der Waals surface area contributed by atoms with Gasteiger partial charge in [-0.25, -0.2) is 0 Å². The van der Waals surface area contributed by atoms with Crippen LogP contribution in [-0.2, 0) is 4.79 Å². The first-order valence-electron chi connectivity index (χ1n) is 4.82. The van der Waals surface area contributed by atoms with Gasteiger partial charge in [-0.05, 0) is 12.8 Å². The highest BCUT2D eigenvalue weighted by molar-refractivity contribution is 5.86. The molecule has 0 spiro atoms. The van der Waals surface area contributed by atoms with Crippen LogP contribution in [0.5, 0.6) is 0 Å². The predicted octanol–water partition coefficient (Wildman–Crippen LogP) is 0.399. The van der Waals surface area contributed by atoms with E-state index in [0.717, 1.165) is 0 Å². The predicted molar refractivity (Wildman–Crippen MR) is 52.5 cm³/mol. The molecule has 0 saturated carbocycles. The van der Waals surface area contributed by atoms with Gasteiger partial charge in [0.1, 0.15) is 0 Å². The van der Waals surface area contributed by atoms with Gasteiger partial charge in [-0.3, -0.25) is 4.79 Å². The fraction of sp³-hybridized carbons (Fsp3) is 0.889. The Balaban J connectivity index is 4.38. The van der Waals surface area contributed by atoms with Crippen LogP contribution in [0.25, 0.3) is 0 Å². The molecule has 2 atom stereocenters. The first-order valence-corrected chi connectivity index (χ1v) is 4.82. The second kappa shape index (κ2) is 5.01. The summed E-state index contributed by atoms with van der Waals surface area (Å²) in [6, 6.07) is 0. The van der Waals surface area contributed by atoms with E-state index in [1.807, 2.05) is 5.32 Å². The molecule has 0 aromatic rings. The minimum Gasteiger partial charge on any atom is -0.391 e. The van der Waals surface area contributed by atoms with Crippen molar-refractivity contribution in [3.05, 3.63) is 0 Å². The van der Waals surface area contributed by atoms with Crippen molar-refractivity contribution in [1.29, 1.82) is 0 Å². The number of nitrogens with two attached hydrogens (primary N) is 1. The van der Waals surface area contributed by atoms with E-state index >= 15 is 0 Å². The largest absolute Gasteiger partial charge is 0.415 e. The molecule has 4 nitrogen and oxygen atoms in total. The number of aliphatic hydroxyl groups is 1. The van der Waals surface area contributed by atoms with E-state index < -0.39 is 23.7 Å². The molecule has 16 heavy (non-hydrogen) atoms. The van der Waals surface area contributed by atoms with Crippen molar-refractivity contribution in [3.63, 3.8) is 0 Å². The number of halogens is 3. The summed E-state index contributed by atoms with van der Waals surface area (Å²) in [5, 5.41) is 11.3. The van der Waals surface area contributed by atoms with Crippen LogP contribution >= 0.6 is 0 Å². The molecule has 7 heteroatoms. The molecule has 0 rings (SSSR count). The second-order valence-electron chi connectivity index (χ2n) is 4.22. The highest BCUT2D eigenvalue weighted by atomic mass is 19.4. The van der Waals surface area contributed by atoms with Crippen molar-refractivity contribution in [2.75, 3.05) is 6.54 Å². The molecule has 2 unspecified atom stereocenters. The molecule has 0 saturated heterocycles. The van der Waals surface area contributed by atoms with Gasteiger partial charge in [0, 0.05) is 6.54 Å². The van der Waals surface area contributed by atoms with Crippen LogP contribution in [-0.4, -0.2) is 35.4 Å². The molecule has 0 aliphatic heterocycles. The summed E-state index contributed by atoms with van der Waals surface area (Å²) in [5.41, 5.74) is 1.94. The second-order valence-corrected chi connectivity index (χ2v) is 4.22. The Hall–Kier alpha value is -0.820. The van der Waals surface area contributed by atoms with Crippen molar-refractivity contribution in [2.45, 2.75) is 38.6 Å². The average molecular weight is 242 g/mol. The van der Waals surface area contributed by atoms with E-state index in [-0.39, 0.29) is 12.5 Å². The highest BCUT2D eigenvalue weighted by Crippen LogP contribution is 2.27. The van der Waals surface area contributed by atoms with Crippen molar-refractivity contribution in [2.24, 2.45) is 11.7 Å². The first kappa shape index (κ1) is 15.2. The van der Waals surface area contributed by atoms with Crippen molar-refractivity contribution in [3.8, 4) is 0 Å². The zero-order valence-electron chi connectivity index (χ0n) is 9.43. The Morgan fingerprint density at radius 2 is 1.88 bits per heavy atom. The molecule has 4 N–H and O–H groups in total. The van der Waals surface area contributed by atoms with E-state index in [9.17, 15) is 23.1 Å². The topological polar surface area (TPSA) is 75.3 Å². The first-order chi connectivity index (χ1) is 7.00. The summed E-state index contributed by atoms with van der Waals surface area (Å²) >= 11 is 0. The van der Waals surface area contributed by atoms with Crippen LogP contribution < -0.4 is 11.1 Å². The van der Waals surface area contributed by atoms with Crippen LogP contribution in [0.4, 0.5) is 13.2 Å². The zero-order chi connectivity index (χ0) is 13.1. The van der Waals surface area contributed by atoms with Crippen molar-refractivity contribution < 1.29 is 23.1 Å². The fourth-order valence-corrected chi connectivity index (χ4v) is 0.745. The molecule has 0 fully saturated rings. The van der Waals surface area contributed by atoms with Gasteiger partial charge in [0.15, 0.2) is 5.54 Å². The van der Waals surface area contributed by atoms with E-state index in [0.29, 0.717) is 6.92 Å². The van der Waals surface area contributed by atoms with E-state index in [1.54, 1.807) is 13.8 Å². The maximum absolute atomic E-state index is 12.3. The molecule has 0 heterocycles. The minimum absolute atomic E-state index is 0.157. The molecule has 0 radical (unpaired) electrons. The molecular formula is C9H17F3N2O2. The van der Waals surface area contributed by atoms with Gasteiger partial charge >= 0.3 is 6.18 Å². The molecule has 0 aromatic heterocycles. The smallest absolute Gasteiger partial charge is 0.391 e. The quantitative estimate of drug-likeness (QED) is 0.668. The number of amides is 1. The van der Waals surface area contributed by atoms with E-state index in [4.69, 9.17) is 5.73 Å². The highest BCUT2D eigenvalue weighted by Gasteiger charge is 2.53. The maximum Gasteiger partial charge on any atom is 0.415 e. The summed E-state index contributed by atoms with van der Waals surface area (Å²) in [6.07, 6.45) is -5.71. The maximum atomic E-state index is 12.3. The number of hydrogen-bond acceptors (Lipinski definition) is 3. The Labute approximate surface area is 92.0 Å². The normalized spacial score (nSPS) is 18.1.